The van der Waals surface area contributed by atoms with Crippen molar-refractivity contribution < 1.29 is 4.79 Å². The van der Waals surface area contributed by atoms with Crippen molar-refractivity contribution >= 4 is 5.91 Å². The molecule has 0 bridgehead atoms. The molecule has 0 saturated carbocycles. The lowest BCUT2D eigenvalue weighted by molar-refractivity contribution is -0.121. The summed E-state index contributed by atoms with van der Waals surface area (Å²) in [5, 5.41) is 6.55. The molecule has 1 aliphatic heterocycles. The number of hydrogen-bond acceptors (Lipinski definition) is 2. The second-order valence-electron chi connectivity index (χ2n) is 4.96. The summed E-state index contributed by atoms with van der Waals surface area (Å²) in [4.78, 5) is 11.5. The molecular weight excluding hydrogens is 200 g/mol. The van der Waals surface area contributed by atoms with E-state index in [0.717, 1.165) is 19.4 Å². The Balaban J connectivity index is 2.06. The standard InChI is InChI=1S/C13H26N2O/c1-3-4-5-9-13(16)14-10-12-8-6-7-11(2)15-12/h11-12,15H,3-10H2,1-2H3,(H,14,16). The number of carbonyl (C=O) groups excluding carboxylic acids is 1. The Bertz CT molecular complexity index is 206. The van der Waals surface area contributed by atoms with Crippen LogP contribution in [0.3, 0.4) is 0 Å². The molecule has 0 radical (unpaired) electrons. The lowest BCUT2D eigenvalue weighted by Crippen LogP contribution is -2.47. The normalized spacial score (nSPS) is 25.4. The van der Waals surface area contributed by atoms with Crippen molar-refractivity contribution in [3.8, 4) is 0 Å². The summed E-state index contributed by atoms with van der Waals surface area (Å²) in [6.07, 6.45) is 7.79. The van der Waals surface area contributed by atoms with Crippen molar-refractivity contribution in [2.24, 2.45) is 0 Å². The van der Waals surface area contributed by atoms with Gasteiger partial charge in [-0.25, -0.2) is 0 Å². The SMILES string of the molecule is CCCCCC(=O)NCC1CCCC(C)N1. The van der Waals surface area contributed by atoms with Crippen molar-refractivity contribution in [1.29, 1.82) is 0 Å². The van der Waals surface area contributed by atoms with Crippen molar-refractivity contribution in [2.75, 3.05) is 6.54 Å². The van der Waals surface area contributed by atoms with Crippen molar-refractivity contribution in [2.45, 2.75) is 70.9 Å². The van der Waals surface area contributed by atoms with E-state index in [2.05, 4.69) is 24.5 Å². The van der Waals surface area contributed by atoms with E-state index in [1.54, 1.807) is 0 Å². The minimum Gasteiger partial charge on any atom is -0.355 e. The Hall–Kier alpha value is -0.570. The first kappa shape index (κ1) is 13.5. The third-order valence-electron chi connectivity index (χ3n) is 3.26. The van der Waals surface area contributed by atoms with E-state index < -0.39 is 0 Å². The number of unbranched alkanes of at least 4 members (excludes halogenated alkanes) is 2. The van der Waals surface area contributed by atoms with Crippen LogP contribution in [-0.2, 0) is 4.79 Å². The fourth-order valence-corrected chi connectivity index (χ4v) is 2.26. The fourth-order valence-electron chi connectivity index (χ4n) is 2.26. The number of piperidine rings is 1. The van der Waals surface area contributed by atoms with Crippen molar-refractivity contribution in [3.63, 3.8) is 0 Å². The van der Waals surface area contributed by atoms with Crippen LogP contribution in [0.5, 0.6) is 0 Å². The van der Waals surface area contributed by atoms with Crippen LogP contribution in [0, 0.1) is 0 Å². The summed E-state index contributed by atoms with van der Waals surface area (Å²) < 4.78 is 0. The van der Waals surface area contributed by atoms with Gasteiger partial charge in [-0.15, -0.1) is 0 Å². The largest absolute Gasteiger partial charge is 0.355 e. The van der Waals surface area contributed by atoms with Gasteiger partial charge in [0, 0.05) is 25.0 Å². The van der Waals surface area contributed by atoms with Crippen molar-refractivity contribution in [3.05, 3.63) is 0 Å². The second kappa shape index (κ2) is 7.66. The zero-order chi connectivity index (χ0) is 11.8. The summed E-state index contributed by atoms with van der Waals surface area (Å²) in [5.74, 6) is 0.216. The maximum atomic E-state index is 11.5. The molecule has 3 heteroatoms. The van der Waals surface area contributed by atoms with Crippen LogP contribution in [0.2, 0.25) is 0 Å². The van der Waals surface area contributed by atoms with Gasteiger partial charge in [0.2, 0.25) is 5.91 Å². The zero-order valence-electron chi connectivity index (χ0n) is 10.7. The van der Waals surface area contributed by atoms with E-state index in [-0.39, 0.29) is 5.91 Å². The van der Waals surface area contributed by atoms with Crippen LogP contribution in [0.15, 0.2) is 0 Å². The van der Waals surface area contributed by atoms with Crippen LogP contribution in [-0.4, -0.2) is 24.5 Å². The minimum atomic E-state index is 0.216. The van der Waals surface area contributed by atoms with Gasteiger partial charge in [-0.2, -0.15) is 0 Å². The average Bonchev–Trinajstić information content (AvgIpc) is 2.27. The van der Waals surface area contributed by atoms with E-state index in [1.807, 2.05) is 0 Å². The monoisotopic (exact) mass is 226 g/mol. The molecular formula is C13H26N2O. The molecule has 1 amide bonds. The van der Waals surface area contributed by atoms with Crippen LogP contribution in [0.1, 0.15) is 58.8 Å². The molecule has 94 valence electrons. The molecule has 3 nitrogen and oxygen atoms in total. The van der Waals surface area contributed by atoms with E-state index >= 15 is 0 Å². The molecule has 1 heterocycles. The lowest BCUT2D eigenvalue weighted by atomic mass is 9.99. The molecule has 2 atom stereocenters. The van der Waals surface area contributed by atoms with E-state index in [1.165, 1.54) is 25.7 Å². The average molecular weight is 226 g/mol. The Morgan fingerprint density at radius 3 is 2.88 bits per heavy atom. The third-order valence-corrected chi connectivity index (χ3v) is 3.26. The van der Waals surface area contributed by atoms with Gasteiger partial charge >= 0.3 is 0 Å². The summed E-state index contributed by atoms with van der Waals surface area (Å²) in [6, 6.07) is 1.09. The maximum Gasteiger partial charge on any atom is 0.220 e. The minimum absolute atomic E-state index is 0.216. The van der Waals surface area contributed by atoms with Gasteiger partial charge in [0.05, 0.1) is 0 Å². The molecule has 0 aromatic carbocycles. The number of amides is 1. The first-order chi connectivity index (χ1) is 7.72. The fraction of sp³-hybridized carbons (Fsp3) is 0.923. The highest BCUT2D eigenvalue weighted by Gasteiger charge is 2.17. The molecule has 2 unspecified atom stereocenters. The van der Waals surface area contributed by atoms with Gasteiger partial charge in [-0.1, -0.05) is 26.2 Å². The predicted octanol–water partition coefficient (Wildman–Crippen LogP) is 2.21. The molecule has 1 rings (SSSR count). The third kappa shape index (κ3) is 5.50. The summed E-state index contributed by atoms with van der Waals surface area (Å²) in [5.41, 5.74) is 0. The Labute approximate surface area is 99.4 Å². The topological polar surface area (TPSA) is 41.1 Å². The second-order valence-corrected chi connectivity index (χ2v) is 4.96. The van der Waals surface area contributed by atoms with Crippen LogP contribution < -0.4 is 10.6 Å². The van der Waals surface area contributed by atoms with E-state index in [9.17, 15) is 4.79 Å². The quantitative estimate of drug-likeness (QED) is 0.682. The highest BCUT2D eigenvalue weighted by molar-refractivity contribution is 5.75. The summed E-state index contributed by atoms with van der Waals surface area (Å²) >= 11 is 0. The van der Waals surface area contributed by atoms with Gasteiger partial charge in [-0.05, 0) is 26.2 Å². The van der Waals surface area contributed by atoms with E-state index in [0.29, 0.717) is 18.5 Å². The van der Waals surface area contributed by atoms with Gasteiger partial charge in [0.25, 0.3) is 0 Å². The first-order valence-corrected chi connectivity index (χ1v) is 6.75. The highest BCUT2D eigenvalue weighted by Crippen LogP contribution is 2.11. The van der Waals surface area contributed by atoms with Gasteiger partial charge in [0.15, 0.2) is 0 Å². The van der Waals surface area contributed by atoms with Crippen LogP contribution >= 0.6 is 0 Å². The van der Waals surface area contributed by atoms with Crippen LogP contribution in [0.25, 0.3) is 0 Å². The molecule has 1 saturated heterocycles. The highest BCUT2D eigenvalue weighted by atomic mass is 16.1. The van der Waals surface area contributed by atoms with Gasteiger partial charge in [-0.3, -0.25) is 4.79 Å². The van der Waals surface area contributed by atoms with Crippen molar-refractivity contribution in [1.82, 2.24) is 10.6 Å². The lowest BCUT2D eigenvalue weighted by Gasteiger charge is -2.28. The number of rotatable bonds is 6. The Morgan fingerprint density at radius 1 is 1.38 bits per heavy atom. The number of hydrogen-bond donors (Lipinski definition) is 2. The molecule has 0 aromatic heterocycles. The van der Waals surface area contributed by atoms with Crippen LogP contribution in [0.4, 0.5) is 0 Å². The number of nitrogens with one attached hydrogen (secondary N) is 2. The van der Waals surface area contributed by atoms with Gasteiger partial charge in [0.1, 0.15) is 0 Å². The first-order valence-electron chi connectivity index (χ1n) is 6.75. The summed E-state index contributed by atoms with van der Waals surface area (Å²) in [7, 11) is 0. The van der Waals surface area contributed by atoms with Gasteiger partial charge < -0.3 is 10.6 Å². The molecule has 1 fully saturated rings. The molecule has 0 aromatic rings. The smallest absolute Gasteiger partial charge is 0.220 e. The predicted molar refractivity (Wildman–Crippen MR) is 67.4 cm³/mol. The molecule has 16 heavy (non-hydrogen) atoms. The molecule has 0 spiro atoms. The Morgan fingerprint density at radius 2 is 2.19 bits per heavy atom. The maximum absolute atomic E-state index is 11.5. The molecule has 1 aliphatic rings. The summed E-state index contributed by atoms with van der Waals surface area (Å²) in [6.45, 7) is 5.18. The number of carbonyl (C=O) groups is 1. The molecule has 0 aliphatic carbocycles. The van der Waals surface area contributed by atoms with E-state index in [4.69, 9.17) is 0 Å². The molecule has 2 N–H and O–H groups in total. The Kier molecular flexibility index (Phi) is 6.46. The zero-order valence-corrected chi connectivity index (χ0v) is 10.7.